The van der Waals surface area contributed by atoms with Gasteiger partial charge in [-0.1, -0.05) is 15.9 Å². The minimum absolute atomic E-state index is 0.180. The summed E-state index contributed by atoms with van der Waals surface area (Å²) in [5.41, 5.74) is 6.63. The summed E-state index contributed by atoms with van der Waals surface area (Å²) in [7, 11) is 0. The Morgan fingerprint density at radius 2 is 1.72 bits per heavy atom. The van der Waals surface area contributed by atoms with E-state index < -0.39 is 11.6 Å². The molecule has 6 heteroatoms. The smallest absolute Gasteiger partial charge is 0.150 e. The Hall–Kier alpha value is -0.890. The van der Waals surface area contributed by atoms with Crippen LogP contribution in [0.25, 0.3) is 0 Å². The lowest BCUT2D eigenvalue weighted by atomic mass is 10.2. The van der Waals surface area contributed by atoms with Crippen LogP contribution in [0.15, 0.2) is 34.8 Å². The van der Waals surface area contributed by atoms with E-state index in [9.17, 15) is 8.78 Å². The van der Waals surface area contributed by atoms with E-state index in [1.165, 1.54) is 12.1 Å². The molecule has 94 valence electrons. The highest BCUT2D eigenvalue weighted by Gasteiger charge is 2.12. The predicted octanol–water partition coefficient (Wildman–Crippen LogP) is 4.66. The fourth-order valence-corrected chi connectivity index (χ4v) is 2.51. The molecule has 2 nitrogen and oxygen atoms in total. The Kier molecular flexibility index (Phi) is 4.06. The molecule has 0 saturated carbocycles. The number of nitrogens with one attached hydrogen (secondary N) is 1. The van der Waals surface area contributed by atoms with Crippen molar-refractivity contribution in [3.63, 3.8) is 0 Å². The summed E-state index contributed by atoms with van der Waals surface area (Å²) in [6, 6.07) is 7.47. The molecule has 0 aliphatic rings. The Morgan fingerprint density at radius 3 is 2.28 bits per heavy atom. The molecular weight excluding hydrogens is 417 g/mol. The van der Waals surface area contributed by atoms with Crippen LogP contribution in [-0.4, -0.2) is 0 Å². The van der Waals surface area contributed by atoms with Crippen LogP contribution < -0.4 is 11.1 Å². The molecule has 0 aliphatic heterocycles. The van der Waals surface area contributed by atoms with Gasteiger partial charge in [0.05, 0.1) is 5.69 Å². The summed E-state index contributed by atoms with van der Waals surface area (Å²) >= 11 is 5.08. The van der Waals surface area contributed by atoms with Crippen molar-refractivity contribution >= 4 is 55.6 Å². The first-order valence-electron chi connectivity index (χ1n) is 4.94. The van der Waals surface area contributed by atoms with Crippen LogP contribution in [0.5, 0.6) is 0 Å². The molecule has 0 bridgehead atoms. The quantitative estimate of drug-likeness (QED) is 0.543. The van der Waals surface area contributed by atoms with Crippen molar-refractivity contribution < 1.29 is 8.78 Å². The van der Waals surface area contributed by atoms with Gasteiger partial charge in [-0.15, -0.1) is 0 Å². The maximum absolute atomic E-state index is 13.6. The van der Waals surface area contributed by atoms with E-state index in [0.717, 1.165) is 3.57 Å². The van der Waals surface area contributed by atoms with Crippen molar-refractivity contribution in [3.8, 4) is 0 Å². The summed E-state index contributed by atoms with van der Waals surface area (Å²) in [4.78, 5) is 0. The number of halogens is 4. The number of nitrogens with two attached hydrogens (primary N) is 1. The minimum Gasteiger partial charge on any atom is -0.399 e. The molecule has 0 fully saturated rings. The van der Waals surface area contributed by atoms with Crippen molar-refractivity contribution in [3.05, 3.63) is 50.0 Å². The molecule has 0 aliphatic carbocycles. The molecule has 0 radical (unpaired) electrons. The molecule has 0 saturated heterocycles. The maximum atomic E-state index is 13.6. The highest BCUT2D eigenvalue weighted by Crippen LogP contribution is 2.29. The maximum Gasteiger partial charge on any atom is 0.150 e. The zero-order chi connectivity index (χ0) is 13.3. The number of anilines is 3. The second-order valence-corrected chi connectivity index (χ2v) is 5.69. The molecule has 0 amide bonds. The largest absolute Gasteiger partial charge is 0.399 e. The minimum atomic E-state index is -0.658. The first-order valence-corrected chi connectivity index (χ1v) is 6.81. The van der Waals surface area contributed by atoms with E-state index in [-0.39, 0.29) is 5.69 Å². The van der Waals surface area contributed by atoms with Crippen molar-refractivity contribution in [1.29, 1.82) is 0 Å². The summed E-state index contributed by atoms with van der Waals surface area (Å²) < 4.78 is 28.4. The van der Waals surface area contributed by atoms with E-state index in [2.05, 4.69) is 21.2 Å². The zero-order valence-corrected chi connectivity index (χ0v) is 12.7. The van der Waals surface area contributed by atoms with E-state index in [1.54, 1.807) is 18.2 Å². The van der Waals surface area contributed by atoms with Gasteiger partial charge >= 0.3 is 0 Å². The van der Waals surface area contributed by atoms with Gasteiger partial charge in [0, 0.05) is 13.7 Å². The third kappa shape index (κ3) is 2.92. The van der Waals surface area contributed by atoms with Gasteiger partial charge in [0.15, 0.2) is 11.6 Å². The third-order valence-corrected chi connectivity index (χ3v) is 3.61. The fraction of sp³-hybridized carbons (Fsp3) is 0. The molecule has 0 unspecified atom stereocenters. The van der Waals surface area contributed by atoms with Crippen LogP contribution in [0.3, 0.4) is 0 Å². The topological polar surface area (TPSA) is 38.0 Å². The van der Waals surface area contributed by atoms with Crippen molar-refractivity contribution in [2.75, 3.05) is 11.1 Å². The lowest BCUT2D eigenvalue weighted by Gasteiger charge is -2.11. The van der Waals surface area contributed by atoms with E-state index >= 15 is 0 Å². The van der Waals surface area contributed by atoms with Gasteiger partial charge < -0.3 is 11.1 Å². The molecule has 0 heterocycles. The van der Waals surface area contributed by atoms with Crippen LogP contribution in [0, 0.1) is 15.2 Å². The van der Waals surface area contributed by atoms with Gasteiger partial charge in [0.25, 0.3) is 0 Å². The normalized spacial score (nSPS) is 10.4. The summed E-state index contributed by atoms with van der Waals surface area (Å²) in [6.45, 7) is 0. The number of benzene rings is 2. The van der Waals surface area contributed by atoms with Crippen LogP contribution in [0.2, 0.25) is 0 Å². The fourth-order valence-electron chi connectivity index (χ4n) is 1.43. The number of hydrogen-bond acceptors (Lipinski definition) is 2. The first kappa shape index (κ1) is 13.5. The Labute approximate surface area is 125 Å². The molecule has 2 rings (SSSR count). The average molecular weight is 425 g/mol. The van der Waals surface area contributed by atoms with Gasteiger partial charge in [-0.3, -0.25) is 0 Å². The van der Waals surface area contributed by atoms with Gasteiger partial charge in [-0.05, 0) is 52.9 Å². The summed E-state index contributed by atoms with van der Waals surface area (Å²) in [5.74, 6) is -1.32. The van der Waals surface area contributed by atoms with Gasteiger partial charge in [-0.2, -0.15) is 0 Å². The molecule has 0 spiro atoms. The Balaban J connectivity index is 2.40. The second-order valence-electron chi connectivity index (χ2n) is 3.61. The highest BCUT2D eigenvalue weighted by molar-refractivity contribution is 14.1. The standard InChI is InChI=1S/C12H8BrF2IN2/c13-6-3-8(14)12(9(15)4-6)18-11-2-1-7(17)5-10(11)16/h1-5,18H,17H2. The van der Waals surface area contributed by atoms with Crippen LogP contribution in [-0.2, 0) is 0 Å². The van der Waals surface area contributed by atoms with Crippen LogP contribution >= 0.6 is 38.5 Å². The molecule has 0 aromatic heterocycles. The van der Waals surface area contributed by atoms with Crippen molar-refractivity contribution in [2.24, 2.45) is 0 Å². The molecular formula is C12H8BrF2IN2. The summed E-state index contributed by atoms with van der Waals surface area (Å²) in [6.07, 6.45) is 0. The van der Waals surface area contributed by atoms with Crippen LogP contribution in [0.4, 0.5) is 25.8 Å². The lowest BCUT2D eigenvalue weighted by molar-refractivity contribution is 0.589. The molecule has 0 atom stereocenters. The lowest BCUT2D eigenvalue weighted by Crippen LogP contribution is -2.00. The highest BCUT2D eigenvalue weighted by atomic mass is 127. The average Bonchev–Trinajstić information content (AvgIpc) is 2.25. The van der Waals surface area contributed by atoms with Gasteiger partial charge in [0.2, 0.25) is 0 Å². The molecule has 2 aromatic rings. The first-order chi connectivity index (χ1) is 8.47. The number of rotatable bonds is 2. The second kappa shape index (κ2) is 5.40. The molecule has 18 heavy (non-hydrogen) atoms. The SMILES string of the molecule is Nc1ccc(Nc2c(F)cc(Br)cc2F)c(I)c1. The van der Waals surface area contributed by atoms with Crippen molar-refractivity contribution in [2.45, 2.75) is 0 Å². The van der Waals surface area contributed by atoms with Crippen molar-refractivity contribution in [1.82, 2.24) is 0 Å². The molecule has 2 aromatic carbocycles. The zero-order valence-electron chi connectivity index (χ0n) is 8.98. The Morgan fingerprint density at radius 1 is 1.11 bits per heavy atom. The third-order valence-electron chi connectivity index (χ3n) is 2.26. The van der Waals surface area contributed by atoms with E-state index in [1.807, 2.05) is 22.6 Å². The van der Waals surface area contributed by atoms with E-state index in [4.69, 9.17) is 5.73 Å². The Bertz CT molecular complexity index is 582. The van der Waals surface area contributed by atoms with Gasteiger partial charge in [0.1, 0.15) is 5.69 Å². The summed E-state index contributed by atoms with van der Waals surface area (Å²) in [5, 5.41) is 2.73. The molecule has 3 N–H and O–H groups in total. The van der Waals surface area contributed by atoms with Gasteiger partial charge in [-0.25, -0.2) is 8.78 Å². The number of nitrogen functional groups attached to an aromatic ring is 1. The predicted molar refractivity (Wildman–Crippen MR) is 80.9 cm³/mol. The monoisotopic (exact) mass is 424 g/mol. The number of hydrogen-bond donors (Lipinski definition) is 2. The van der Waals surface area contributed by atoms with Crippen LogP contribution in [0.1, 0.15) is 0 Å². The van der Waals surface area contributed by atoms with E-state index in [0.29, 0.717) is 15.8 Å².